The van der Waals surface area contributed by atoms with E-state index in [1.54, 1.807) is 31.4 Å². The number of ketones is 1. The van der Waals surface area contributed by atoms with Gasteiger partial charge in [0, 0.05) is 12.1 Å². The minimum absolute atomic E-state index is 0.0409. The number of methoxy groups -OCH3 is 1. The standard InChI is InChI=1S/C21H20FN3O3/c1-12-9-13-3-8-17(26)19(13)18(10-12)28-20-16(22)11-23-21(25-20)24-14-4-6-15(27-2)7-5-14/h4-7,10-12H,3,8-9H2,1-2H3,(H,23,24,25). The van der Waals surface area contributed by atoms with Crippen LogP contribution in [0, 0.1) is 11.7 Å². The van der Waals surface area contributed by atoms with E-state index in [-0.39, 0.29) is 23.5 Å². The quantitative estimate of drug-likeness (QED) is 0.831. The Kier molecular flexibility index (Phi) is 4.81. The van der Waals surface area contributed by atoms with E-state index in [1.165, 1.54) is 0 Å². The van der Waals surface area contributed by atoms with Gasteiger partial charge in [0.25, 0.3) is 5.88 Å². The Hall–Kier alpha value is -3.22. The maximum atomic E-state index is 14.3. The van der Waals surface area contributed by atoms with Crippen LogP contribution in [0.5, 0.6) is 11.6 Å². The summed E-state index contributed by atoms with van der Waals surface area (Å²) in [6.45, 7) is 2.04. The van der Waals surface area contributed by atoms with Crippen LogP contribution in [0.4, 0.5) is 16.0 Å². The van der Waals surface area contributed by atoms with Gasteiger partial charge in [0.15, 0.2) is 5.78 Å². The molecule has 4 rings (SSSR count). The molecule has 1 aromatic heterocycles. The monoisotopic (exact) mass is 381 g/mol. The van der Waals surface area contributed by atoms with Crippen LogP contribution in [0.1, 0.15) is 26.2 Å². The predicted molar refractivity (Wildman–Crippen MR) is 102 cm³/mol. The van der Waals surface area contributed by atoms with Gasteiger partial charge in [0.2, 0.25) is 11.8 Å². The molecule has 7 heteroatoms. The summed E-state index contributed by atoms with van der Waals surface area (Å²) in [6, 6.07) is 7.17. The summed E-state index contributed by atoms with van der Waals surface area (Å²) in [5.74, 6) is 0.672. The molecular weight excluding hydrogens is 361 g/mol. The second kappa shape index (κ2) is 7.42. The van der Waals surface area contributed by atoms with Crippen molar-refractivity contribution in [1.29, 1.82) is 0 Å². The third-order valence-corrected chi connectivity index (χ3v) is 4.80. The number of hydrogen-bond acceptors (Lipinski definition) is 6. The average molecular weight is 381 g/mol. The number of hydrogen-bond donors (Lipinski definition) is 1. The highest BCUT2D eigenvalue weighted by atomic mass is 19.1. The topological polar surface area (TPSA) is 73.3 Å². The van der Waals surface area contributed by atoms with Crippen molar-refractivity contribution in [1.82, 2.24) is 9.97 Å². The Morgan fingerprint density at radius 1 is 1.21 bits per heavy atom. The van der Waals surface area contributed by atoms with Crippen LogP contribution < -0.4 is 14.8 Å². The predicted octanol–water partition coefficient (Wildman–Crippen LogP) is 4.33. The third-order valence-electron chi connectivity index (χ3n) is 4.80. The largest absolute Gasteiger partial charge is 0.497 e. The molecule has 0 fully saturated rings. The Morgan fingerprint density at radius 2 is 2.00 bits per heavy atom. The lowest BCUT2D eigenvalue weighted by Gasteiger charge is -2.20. The molecule has 144 valence electrons. The van der Waals surface area contributed by atoms with E-state index in [2.05, 4.69) is 15.3 Å². The molecule has 2 aliphatic carbocycles. The molecule has 2 aliphatic rings. The number of benzene rings is 1. The number of rotatable bonds is 5. The van der Waals surface area contributed by atoms with Gasteiger partial charge in [-0.1, -0.05) is 12.5 Å². The first-order chi connectivity index (χ1) is 13.5. The molecule has 0 aliphatic heterocycles. The summed E-state index contributed by atoms with van der Waals surface area (Å²) in [4.78, 5) is 20.3. The minimum atomic E-state index is -0.688. The second-order valence-corrected chi connectivity index (χ2v) is 6.92. The first-order valence-corrected chi connectivity index (χ1v) is 9.12. The zero-order chi connectivity index (χ0) is 19.7. The van der Waals surface area contributed by atoms with Crippen LogP contribution in [0.15, 0.2) is 53.4 Å². The summed E-state index contributed by atoms with van der Waals surface area (Å²) < 4.78 is 25.2. The number of allylic oxidation sites excluding steroid dienone is 3. The van der Waals surface area contributed by atoms with Crippen molar-refractivity contribution in [3.8, 4) is 11.6 Å². The fraction of sp³-hybridized carbons (Fsp3) is 0.286. The van der Waals surface area contributed by atoms with Crippen molar-refractivity contribution in [3.05, 3.63) is 59.3 Å². The molecule has 1 aromatic carbocycles. The molecule has 0 spiro atoms. The zero-order valence-electron chi connectivity index (χ0n) is 15.7. The molecule has 1 unspecified atom stereocenters. The molecule has 0 saturated heterocycles. The first kappa shape index (κ1) is 18.2. The highest BCUT2D eigenvalue weighted by Gasteiger charge is 2.32. The van der Waals surface area contributed by atoms with Crippen molar-refractivity contribution >= 4 is 17.4 Å². The molecule has 1 N–H and O–H groups in total. The number of Topliss-reactive ketones (excluding diaryl/α,β-unsaturated/α-hetero) is 1. The molecule has 0 radical (unpaired) electrons. The SMILES string of the molecule is COc1ccc(Nc2ncc(F)c(OC3=CC(C)CC4=C3C(=O)CC4)n2)cc1. The number of nitrogens with zero attached hydrogens (tertiary/aromatic N) is 2. The number of anilines is 2. The van der Waals surface area contributed by atoms with E-state index < -0.39 is 5.82 Å². The van der Waals surface area contributed by atoms with Gasteiger partial charge in [0.1, 0.15) is 11.5 Å². The van der Waals surface area contributed by atoms with Gasteiger partial charge in [-0.2, -0.15) is 9.37 Å². The lowest BCUT2D eigenvalue weighted by Crippen LogP contribution is -2.14. The van der Waals surface area contributed by atoms with Gasteiger partial charge >= 0.3 is 0 Å². The van der Waals surface area contributed by atoms with Crippen LogP contribution in [0.3, 0.4) is 0 Å². The molecule has 0 saturated carbocycles. The van der Waals surface area contributed by atoms with E-state index in [0.29, 0.717) is 17.8 Å². The summed E-state index contributed by atoms with van der Waals surface area (Å²) in [7, 11) is 1.59. The molecule has 6 nitrogen and oxygen atoms in total. The molecule has 2 aromatic rings. The van der Waals surface area contributed by atoms with Crippen LogP contribution in [-0.4, -0.2) is 22.9 Å². The van der Waals surface area contributed by atoms with E-state index in [0.717, 1.165) is 36.0 Å². The minimum Gasteiger partial charge on any atom is -0.497 e. The Balaban J connectivity index is 1.58. The zero-order valence-corrected chi connectivity index (χ0v) is 15.7. The number of ether oxygens (including phenoxy) is 2. The van der Waals surface area contributed by atoms with Crippen LogP contribution in [0.25, 0.3) is 0 Å². The van der Waals surface area contributed by atoms with Crippen molar-refractivity contribution in [2.24, 2.45) is 5.92 Å². The molecular formula is C21H20FN3O3. The first-order valence-electron chi connectivity index (χ1n) is 9.12. The smallest absolute Gasteiger partial charge is 0.260 e. The second-order valence-electron chi connectivity index (χ2n) is 6.92. The highest BCUT2D eigenvalue weighted by molar-refractivity contribution is 6.02. The number of carbonyl (C=O) groups excluding carboxylic acids is 1. The molecule has 0 amide bonds. The van der Waals surface area contributed by atoms with E-state index >= 15 is 0 Å². The van der Waals surface area contributed by atoms with Crippen LogP contribution in [-0.2, 0) is 4.79 Å². The van der Waals surface area contributed by atoms with Crippen LogP contribution in [0.2, 0.25) is 0 Å². The molecule has 1 heterocycles. The van der Waals surface area contributed by atoms with E-state index in [1.807, 2.05) is 13.0 Å². The van der Waals surface area contributed by atoms with Gasteiger partial charge in [-0.3, -0.25) is 4.79 Å². The number of halogens is 1. The maximum Gasteiger partial charge on any atom is 0.260 e. The Morgan fingerprint density at radius 3 is 2.75 bits per heavy atom. The van der Waals surface area contributed by atoms with E-state index in [9.17, 15) is 9.18 Å². The van der Waals surface area contributed by atoms with Crippen molar-refractivity contribution in [3.63, 3.8) is 0 Å². The lowest BCUT2D eigenvalue weighted by atomic mass is 9.91. The lowest BCUT2D eigenvalue weighted by molar-refractivity contribution is -0.114. The fourth-order valence-corrected chi connectivity index (χ4v) is 3.49. The molecule has 28 heavy (non-hydrogen) atoms. The van der Waals surface area contributed by atoms with E-state index in [4.69, 9.17) is 9.47 Å². The number of aromatic nitrogens is 2. The number of nitrogens with one attached hydrogen (secondary N) is 1. The number of carbonyl (C=O) groups is 1. The maximum absolute atomic E-state index is 14.3. The van der Waals surface area contributed by atoms with Crippen molar-refractivity contribution < 1.29 is 18.7 Å². The van der Waals surface area contributed by atoms with Gasteiger partial charge in [-0.15, -0.1) is 0 Å². The van der Waals surface area contributed by atoms with Gasteiger partial charge in [0.05, 0.1) is 18.9 Å². The van der Waals surface area contributed by atoms with Gasteiger partial charge in [-0.25, -0.2) is 4.98 Å². The van der Waals surface area contributed by atoms with Gasteiger partial charge in [-0.05, 0) is 49.1 Å². The fourth-order valence-electron chi connectivity index (χ4n) is 3.49. The summed E-state index contributed by atoms with van der Waals surface area (Å²) in [6.07, 6.45) is 4.97. The highest BCUT2D eigenvalue weighted by Crippen LogP contribution is 2.38. The Labute approximate surface area is 162 Å². The Bertz CT molecular complexity index is 983. The van der Waals surface area contributed by atoms with Crippen LogP contribution >= 0.6 is 0 Å². The van der Waals surface area contributed by atoms with Crippen molar-refractivity contribution in [2.75, 3.05) is 12.4 Å². The third kappa shape index (κ3) is 3.60. The molecule has 0 bridgehead atoms. The molecule has 1 atom stereocenters. The average Bonchev–Trinajstić information content (AvgIpc) is 3.05. The summed E-state index contributed by atoms with van der Waals surface area (Å²) in [5, 5.41) is 3.00. The summed E-state index contributed by atoms with van der Waals surface area (Å²) in [5.41, 5.74) is 2.39. The van der Waals surface area contributed by atoms with Crippen molar-refractivity contribution in [2.45, 2.75) is 26.2 Å². The van der Waals surface area contributed by atoms with Gasteiger partial charge < -0.3 is 14.8 Å². The normalized spacial score (nSPS) is 18.6. The summed E-state index contributed by atoms with van der Waals surface area (Å²) >= 11 is 0.